The molecule has 1 aliphatic heterocycles. The maximum Gasteiger partial charge on any atom is 0.267 e. The van der Waals surface area contributed by atoms with Crippen molar-refractivity contribution in [3.63, 3.8) is 0 Å². The minimum Gasteiger partial charge on any atom is -0.333 e. The lowest BCUT2D eigenvalue weighted by Crippen LogP contribution is -2.25. The molecule has 8 nitrogen and oxygen atoms in total. The van der Waals surface area contributed by atoms with Gasteiger partial charge < -0.3 is 4.90 Å². The van der Waals surface area contributed by atoms with Crippen molar-refractivity contribution in [2.24, 2.45) is 7.05 Å². The third-order valence-corrected chi connectivity index (χ3v) is 4.62. The quantitative estimate of drug-likeness (QED) is 0.700. The second-order valence-corrected chi connectivity index (χ2v) is 6.73. The molecule has 0 amide bonds. The first-order valence-corrected chi connectivity index (χ1v) is 8.53. The van der Waals surface area contributed by atoms with Crippen molar-refractivity contribution in [2.45, 2.75) is 39.0 Å². The van der Waals surface area contributed by atoms with Gasteiger partial charge in [0.2, 0.25) is 5.95 Å². The van der Waals surface area contributed by atoms with Gasteiger partial charge in [0.1, 0.15) is 5.82 Å². The summed E-state index contributed by atoms with van der Waals surface area (Å²) in [7, 11) is 1.77. The summed E-state index contributed by atoms with van der Waals surface area (Å²) >= 11 is 0. The Labute approximate surface area is 148 Å². The van der Waals surface area contributed by atoms with Crippen molar-refractivity contribution in [1.82, 2.24) is 34.3 Å². The molecular weight excluding hydrogens is 342 g/mol. The highest BCUT2D eigenvalue weighted by Crippen LogP contribution is 2.29. The summed E-state index contributed by atoms with van der Waals surface area (Å²) in [4.78, 5) is 14.8. The normalized spacial score (nSPS) is 16.7. The number of aryl methyl sites for hydroxylation is 5. The van der Waals surface area contributed by atoms with Crippen molar-refractivity contribution in [2.75, 3.05) is 18.0 Å². The second kappa shape index (κ2) is 5.96. The fourth-order valence-corrected chi connectivity index (χ4v) is 3.13. The topological polar surface area (TPSA) is 77.0 Å². The van der Waals surface area contributed by atoms with E-state index in [1.807, 2.05) is 13.8 Å². The van der Waals surface area contributed by atoms with Gasteiger partial charge in [-0.3, -0.25) is 9.67 Å². The van der Waals surface area contributed by atoms with Gasteiger partial charge in [-0.2, -0.15) is 10.1 Å². The Hall–Kier alpha value is -2.65. The fraction of sp³-hybridized carbons (Fsp3) is 0.562. The van der Waals surface area contributed by atoms with Crippen molar-refractivity contribution >= 4 is 11.6 Å². The minimum atomic E-state index is -2.66. The molecule has 4 heterocycles. The van der Waals surface area contributed by atoms with Gasteiger partial charge >= 0.3 is 0 Å². The monoisotopic (exact) mass is 362 g/mol. The maximum absolute atomic E-state index is 13.4. The Bertz CT molecular complexity index is 922. The first kappa shape index (κ1) is 16.8. The molecule has 3 aromatic heterocycles. The highest BCUT2D eigenvalue weighted by atomic mass is 19.3. The molecule has 0 spiro atoms. The van der Waals surface area contributed by atoms with Gasteiger partial charge in [0.15, 0.2) is 11.5 Å². The van der Waals surface area contributed by atoms with Gasteiger partial charge in [-0.25, -0.2) is 18.3 Å². The van der Waals surface area contributed by atoms with E-state index < -0.39 is 5.92 Å². The van der Waals surface area contributed by atoms with Crippen LogP contribution < -0.4 is 4.90 Å². The first-order chi connectivity index (χ1) is 12.3. The van der Waals surface area contributed by atoms with E-state index in [4.69, 9.17) is 0 Å². The molecule has 1 saturated heterocycles. The number of fused-ring (bicyclic) bond motifs is 1. The Morgan fingerprint density at radius 2 is 1.96 bits per heavy atom. The summed E-state index contributed by atoms with van der Waals surface area (Å²) in [5, 5.41) is 8.80. The largest absolute Gasteiger partial charge is 0.333 e. The summed E-state index contributed by atoms with van der Waals surface area (Å²) in [5.74, 6) is -0.885. The van der Waals surface area contributed by atoms with Crippen molar-refractivity contribution in [1.29, 1.82) is 0 Å². The summed E-state index contributed by atoms with van der Waals surface area (Å²) in [5.41, 5.74) is 2.49. The lowest BCUT2D eigenvalue weighted by molar-refractivity contribution is 0.0256. The van der Waals surface area contributed by atoms with Crippen LogP contribution in [0.3, 0.4) is 0 Å². The Morgan fingerprint density at radius 1 is 1.15 bits per heavy atom. The van der Waals surface area contributed by atoms with Gasteiger partial charge in [-0.05, 0) is 13.8 Å². The molecule has 138 valence electrons. The molecule has 0 saturated carbocycles. The molecule has 0 aliphatic carbocycles. The van der Waals surface area contributed by atoms with Crippen LogP contribution in [0.2, 0.25) is 0 Å². The minimum absolute atomic E-state index is 0.154. The van der Waals surface area contributed by atoms with E-state index in [0.29, 0.717) is 24.6 Å². The van der Waals surface area contributed by atoms with Gasteiger partial charge in [0, 0.05) is 39.1 Å². The number of hydrogen-bond donors (Lipinski definition) is 0. The third kappa shape index (κ3) is 2.99. The maximum atomic E-state index is 13.4. The van der Waals surface area contributed by atoms with Crippen LogP contribution in [0.25, 0.3) is 5.65 Å². The second-order valence-electron chi connectivity index (χ2n) is 6.73. The van der Waals surface area contributed by atoms with Gasteiger partial charge in [-0.15, -0.1) is 5.10 Å². The summed E-state index contributed by atoms with van der Waals surface area (Å²) in [6.45, 7) is 3.78. The molecule has 1 aliphatic rings. The van der Waals surface area contributed by atoms with E-state index in [1.165, 1.54) is 4.90 Å². The molecule has 26 heavy (non-hydrogen) atoms. The number of alkyl halides is 2. The Balaban J connectivity index is 1.50. The number of halogens is 2. The number of aromatic nitrogens is 7. The molecule has 3 aromatic rings. The van der Waals surface area contributed by atoms with Crippen LogP contribution in [-0.4, -0.2) is 53.4 Å². The van der Waals surface area contributed by atoms with Crippen LogP contribution in [0.1, 0.15) is 29.5 Å². The summed E-state index contributed by atoms with van der Waals surface area (Å²) < 4.78 is 30.2. The molecule has 10 heteroatoms. The molecule has 0 unspecified atom stereocenters. The van der Waals surface area contributed by atoms with E-state index >= 15 is 0 Å². The zero-order chi connectivity index (χ0) is 18.5. The van der Waals surface area contributed by atoms with Crippen LogP contribution in [0.5, 0.6) is 0 Å². The Kier molecular flexibility index (Phi) is 3.85. The third-order valence-electron chi connectivity index (χ3n) is 4.62. The van der Waals surface area contributed by atoms with Gasteiger partial charge in [0.25, 0.3) is 5.92 Å². The molecule has 0 bridgehead atoms. The molecular formula is C16H20F2N8. The Morgan fingerprint density at radius 3 is 2.65 bits per heavy atom. The highest BCUT2D eigenvalue weighted by molar-refractivity contribution is 5.43. The SMILES string of the molecule is Cc1ncc(C)n2nc(CCc3nc(N4CCC(F)(F)C4)nn3C)nc12. The van der Waals surface area contributed by atoms with Gasteiger partial charge in [0.05, 0.1) is 17.9 Å². The molecule has 0 radical (unpaired) electrons. The van der Waals surface area contributed by atoms with Gasteiger partial charge in [-0.1, -0.05) is 0 Å². The van der Waals surface area contributed by atoms with Crippen LogP contribution in [0.4, 0.5) is 14.7 Å². The van der Waals surface area contributed by atoms with Crippen LogP contribution >= 0.6 is 0 Å². The van der Waals surface area contributed by atoms with E-state index in [1.54, 1.807) is 22.4 Å². The zero-order valence-corrected chi connectivity index (χ0v) is 14.9. The zero-order valence-electron chi connectivity index (χ0n) is 14.9. The number of hydrogen-bond acceptors (Lipinski definition) is 6. The predicted molar refractivity (Wildman–Crippen MR) is 90.4 cm³/mol. The van der Waals surface area contributed by atoms with Crippen molar-refractivity contribution in [3.8, 4) is 0 Å². The summed E-state index contributed by atoms with van der Waals surface area (Å²) in [6.07, 6.45) is 2.78. The van der Waals surface area contributed by atoms with E-state index in [-0.39, 0.29) is 19.5 Å². The van der Waals surface area contributed by atoms with Crippen LogP contribution in [-0.2, 0) is 19.9 Å². The lowest BCUT2D eigenvalue weighted by Gasteiger charge is -2.12. The number of rotatable bonds is 4. The highest BCUT2D eigenvalue weighted by Gasteiger charge is 2.39. The fourth-order valence-electron chi connectivity index (χ4n) is 3.13. The molecule has 1 fully saturated rings. The predicted octanol–water partition coefficient (Wildman–Crippen LogP) is 1.50. The molecule has 0 atom stereocenters. The molecule has 4 rings (SSSR count). The lowest BCUT2D eigenvalue weighted by atomic mass is 10.3. The van der Waals surface area contributed by atoms with Crippen LogP contribution in [0.15, 0.2) is 6.20 Å². The number of anilines is 1. The van der Waals surface area contributed by atoms with Crippen molar-refractivity contribution < 1.29 is 8.78 Å². The standard InChI is InChI=1S/C16H20F2N8/c1-10-8-19-11(2)14-20-12(22-26(10)14)4-5-13-21-15(23-24(13)3)25-7-6-16(17,18)9-25/h8H,4-7,9H2,1-3H3. The molecule has 0 aromatic carbocycles. The van der Waals surface area contributed by atoms with Crippen LogP contribution in [0, 0.1) is 13.8 Å². The molecule has 0 N–H and O–H groups in total. The average molecular weight is 362 g/mol. The average Bonchev–Trinajstić information content (AvgIpc) is 3.26. The van der Waals surface area contributed by atoms with Crippen molar-refractivity contribution in [3.05, 3.63) is 29.2 Å². The first-order valence-electron chi connectivity index (χ1n) is 8.53. The smallest absolute Gasteiger partial charge is 0.267 e. The van der Waals surface area contributed by atoms with E-state index in [0.717, 1.165) is 22.9 Å². The summed E-state index contributed by atoms with van der Waals surface area (Å²) in [6, 6.07) is 0. The van der Waals surface area contributed by atoms with E-state index in [9.17, 15) is 8.78 Å². The van der Waals surface area contributed by atoms with E-state index in [2.05, 4.69) is 25.1 Å². The number of nitrogens with zero attached hydrogens (tertiary/aromatic N) is 8.